The fraction of sp³-hybridized carbons (Fsp3) is 0.550. The molecule has 0 radical (unpaired) electrons. The molecule has 6 nitrogen and oxygen atoms in total. The van der Waals surface area contributed by atoms with Gasteiger partial charge in [0.15, 0.2) is 0 Å². The van der Waals surface area contributed by atoms with Gasteiger partial charge in [-0.2, -0.15) is 4.98 Å². The highest BCUT2D eigenvalue weighted by Crippen LogP contribution is 2.57. The van der Waals surface area contributed by atoms with Crippen molar-refractivity contribution in [1.82, 2.24) is 15.0 Å². The van der Waals surface area contributed by atoms with E-state index in [2.05, 4.69) is 10.1 Å². The van der Waals surface area contributed by atoms with Crippen LogP contribution in [0.15, 0.2) is 34.9 Å². The summed E-state index contributed by atoms with van der Waals surface area (Å²) in [6.07, 6.45) is 3.58. The average Bonchev–Trinajstić information content (AvgIpc) is 3.36. The third-order valence-electron chi connectivity index (χ3n) is 6.45. The number of carbonyl (C=O) groups excluding carboxylic acids is 1. The summed E-state index contributed by atoms with van der Waals surface area (Å²) in [5.41, 5.74) is 0.944. The number of nitrogens with zero attached hydrogens (tertiary/aromatic N) is 3. The van der Waals surface area contributed by atoms with Gasteiger partial charge in [0.1, 0.15) is 0 Å². The molecule has 3 fully saturated rings. The first-order valence-corrected chi connectivity index (χ1v) is 9.45. The van der Waals surface area contributed by atoms with Crippen molar-refractivity contribution in [2.24, 2.45) is 17.8 Å². The second-order valence-corrected chi connectivity index (χ2v) is 7.81. The molecular weight excluding hydrogens is 330 g/mol. The summed E-state index contributed by atoms with van der Waals surface area (Å²) in [5.74, 6) is 2.47. The molecular formula is C20H23N3O3. The molecule has 1 aromatic carbocycles. The Kier molecular flexibility index (Phi) is 3.81. The third-order valence-corrected chi connectivity index (χ3v) is 6.45. The summed E-state index contributed by atoms with van der Waals surface area (Å²) < 4.78 is 11.0. The summed E-state index contributed by atoms with van der Waals surface area (Å²) in [6, 6.07) is 9.85. The Balaban J connectivity index is 1.40. The summed E-state index contributed by atoms with van der Waals surface area (Å²) in [6.45, 7) is 1.41. The Hall–Kier alpha value is -2.21. The molecule has 1 saturated heterocycles. The van der Waals surface area contributed by atoms with Gasteiger partial charge >= 0.3 is 0 Å². The van der Waals surface area contributed by atoms with Crippen molar-refractivity contribution < 1.29 is 14.1 Å². The minimum Gasteiger partial charge on any atom is -0.378 e. The number of fused-ring (bicyclic) bond motifs is 2. The molecule has 2 aliphatic carbocycles. The first-order chi connectivity index (χ1) is 12.7. The molecule has 0 spiro atoms. The topological polar surface area (TPSA) is 68.5 Å². The standard InChI is InChI=1S/C20H23N3O3/c1-25-15-10-23(11-15)20(24)17-14-8-7-13(9-14)16(17)19-21-18(22-26-19)12-5-3-2-4-6-12/h2-6,13-17H,7-11H2,1H3/t13-,14+,16+,17+/m1/s1. The number of ether oxygens (including phenoxy) is 1. The minimum atomic E-state index is -0.0179. The maximum Gasteiger partial charge on any atom is 0.231 e. The molecule has 5 rings (SSSR count). The maximum absolute atomic E-state index is 13.1. The highest BCUT2D eigenvalue weighted by atomic mass is 16.5. The van der Waals surface area contributed by atoms with Gasteiger partial charge in [0.05, 0.1) is 17.9 Å². The fourth-order valence-electron chi connectivity index (χ4n) is 5.06. The lowest BCUT2D eigenvalue weighted by atomic mass is 9.78. The van der Waals surface area contributed by atoms with Gasteiger partial charge in [-0.25, -0.2) is 0 Å². The molecule has 136 valence electrons. The molecule has 2 saturated carbocycles. The van der Waals surface area contributed by atoms with Crippen LogP contribution in [0.4, 0.5) is 0 Å². The average molecular weight is 353 g/mol. The quantitative estimate of drug-likeness (QED) is 0.845. The lowest BCUT2D eigenvalue weighted by molar-refractivity contribution is -0.150. The Morgan fingerprint density at radius 3 is 2.73 bits per heavy atom. The molecule has 2 bridgehead atoms. The second-order valence-electron chi connectivity index (χ2n) is 7.81. The zero-order valence-electron chi connectivity index (χ0n) is 14.9. The van der Waals surface area contributed by atoms with Crippen LogP contribution in [0.2, 0.25) is 0 Å². The summed E-state index contributed by atoms with van der Waals surface area (Å²) in [4.78, 5) is 19.7. The Bertz CT molecular complexity index is 800. The highest BCUT2D eigenvalue weighted by Gasteiger charge is 2.55. The van der Waals surface area contributed by atoms with E-state index in [1.807, 2.05) is 35.2 Å². The molecule has 0 N–H and O–H groups in total. The molecule has 1 aromatic heterocycles. The lowest BCUT2D eigenvalue weighted by Gasteiger charge is -2.41. The van der Waals surface area contributed by atoms with Gasteiger partial charge in [0, 0.05) is 25.8 Å². The molecule has 3 aliphatic rings. The number of benzene rings is 1. The Labute approximate surface area is 152 Å². The number of hydrogen-bond acceptors (Lipinski definition) is 5. The maximum atomic E-state index is 13.1. The van der Waals surface area contributed by atoms with Gasteiger partial charge < -0.3 is 14.2 Å². The molecule has 26 heavy (non-hydrogen) atoms. The van der Waals surface area contributed by atoms with Gasteiger partial charge in [0.2, 0.25) is 17.6 Å². The number of amides is 1. The van der Waals surface area contributed by atoms with Crippen LogP contribution in [0.1, 0.15) is 31.1 Å². The van der Waals surface area contributed by atoms with Crippen molar-refractivity contribution in [3.05, 3.63) is 36.2 Å². The largest absolute Gasteiger partial charge is 0.378 e. The van der Waals surface area contributed by atoms with Crippen molar-refractivity contribution in [3.8, 4) is 11.4 Å². The lowest BCUT2D eigenvalue weighted by Crippen LogP contribution is -2.57. The van der Waals surface area contributed by atoms with E-state index in [-0.39, 0.29) is 23.8 Å². The number of aromatic nitrogens is 2. The van der Waals surface area contributed by atoms with Gasteiger partial charge in [-0.1, -0.05) is 35.5 Å². The Morgan fingerprint density at radius 2 is 1.96 bits per heavy atom. The van der Waals surface area contributed by atoms with Crippen molar-refractivity contribution in [1.29, 1.82) is 0 Å². The van der Waals surface area contributed by atoms with E-state index in [4.69, 9.17) is 9.26 Å². The van der Waals surface area contributed by atoms with Crippen molar-refractivity contribution in [2.75, 3.05) is 20.2 Å². The SMILES string of the molecule is COC1CN(C(=O)[C@H]2[C@H]3CC[C@H](C3)[C@@H]2c2nc(-c3ccccc3)no2)C1. The fourth-order valence-corrected chi connectivity index (χ4v) is 5.06. The van der Waals surface area contributed by atoms with E-state index >= 15 is 0 Å². The van der Waals surface area contributed by atoms with E-state index < -0.39 is 0 Å². The van der Waals surface area contributed by atoms with Gasteiger partial charge in [-0.05, 0) is 31.1 Å². The third kappa shape index (κ3) is 2.47. The zero-order chi connectivity index (χ0) is 17.7. The molecule has 1 amide bonds. The van der Waals surface area contributed by atoms with Crippen LogP contribution in [0.5, 0.6) is 0 Å². The first kappa shape index (κ1) is 16.0. The van der Waals surface area contributed by atoms with Crippen molar-refractivity contribution in [2.45, 2.75) is 31.3 Å². The molecule has 1 aliphatic heterocycles. The summed E-state index contributed by atoms with van der Waals surface area (Å²) in [7, 11) is 1.70. The van der Waals surface area contributed by atoms with Crippen LogP contribution in [-0.2, 0) is 9.53 Å². The summed E-state index contributed by atoms with van der Waals surface area (Å²) in [5, 5.41) is 4.18. The van der Waals surface area contributed by atoms with E-state index in [0.29, 0.717) is 36.6 Å². The van der Waals surface area contributed by atoms with Crippen LogP contribution < -0.4 is 0 Å². The van der Waals surface area contributed by atoms with Crippen molar-refractivity contribution >= 4 is 5.91 Å². The number of hydrogen-bond donors (Lipinski definition) is 0. The number of rotatable bonds is 4. The molecule has 0 unspecified atom stereocenters. The van der Waals surface area contributed by atoms with E-state index in [1.54, 1.807) is 7.11 Å². The normalized spacial score (nSPS) is 30.6. The zero-order valence-corrected chi connectivity index (χ0v) is 14.9. The smallest absolute Gasteiger partial charge is 0.231 e. The predicted molar refractivity (Wildman–Crippen MR) is 94.2 cm³/mol. The molecule has 6 heteroatoms. The van der Waals surface area contributed by atoms with Crippen LogP contribution in [0, 0.1) is 17.8 Å². The minimum absolute atomic E-state index is 0.0179. The number of carbonyl (C=O) groups is 1. The van der Waals surface area contributed by atoms with E-state index in [0.717, 1.165) is 24.8 Å². The van der Waals surface area contributed by atoms with Crippen LogP contribution in [0.25, 0.3) is 11.4 Å². The first-order valence-electron chi connectivity index (χ1n) is 9.45. The predicted octanol–water partition coefficient (Wildman–Crippen LogP) is 2.72. The van der Waals surface area contributed by atoms with Gasteiger partial charge in [0.25, 0.3) is 0 Å². The Morgan fingerprint density at radius 1 is 1.19 bits per heavy atom. The molecule has 2 aromatic rings. The van der Waals surface area contributed by atoms with Crippen molar-refractivity contribution in [3.63, 3.8) is 0 Å². The highest BCUT2D eigenvalue weighted by molar-refractivity contribution is 5.81. The van der Waals surface area contributed by atoms with Crippen LogP contribution in [0.3, 0.4) is 0 Å². The number of likely N-dealkylation sites (tertiary alicyclic amines) is 1. The van der Waals surface area contributed by atoms with Crippen LogP contribution in [-0.4, -0.2) is 47.3 Å². The second kappa shape index (κ2) is 6.20. The van der Waals surface area contributed by atoms with Gasteiger partial charge in [-0.3, -0.25) is 4.79 Å². The van der Waals surface area contributed by atoms with Crippen LogP contribution >= 0.6 is 0 Å². The number of methoxy groups -OCH3 is 1. The molecule has 2 heterocycles. The summed E-state index contributed by atoms with van der Waals surface area (Å²) >= 11 is 0. The van der Waals surface area contributed by atoms with E-state index in [9.17, 15) is 4.79 Å². The molecule has 4 atom stereocenters. The monoisotopic (exact) mass is 353 g/mol. The van der Waals surface area contributed by atoms with Gasteiger partial charge in [-0.15, -0.1) is 0 Å². The van der Waals surface area contributed by atoms with E-state index in [1.165, 1.54) is 0 Å².